The van der Waals surface area contributed by atoms with Gasteiger partial charge in [-0.1, -0.05) is 19.1 Å². The molecule has 0 fully saturated rings. The van der Waals surface area contributed by atoms with E-state index >= 15 is 0 Å². The van der Waals surface area contributed by atoms with Crippen LogP contribution in [0.2, 0.25) is 0 Å². The molecule has 0 spiro atoms. The molecule has 0 aliphatic carbocycles. The first kappa shape index (κ1) is 18.0. The van der Waals surface area contributed by atoms with E-state index in [1.54, 1.807) is 0 Å². The minimum atomic E-state index is -1.20. The Kier molecular flexibility index (Phi) is 6.40. The highest BCUT2D eigenvalue weighted by molar-refractivity contribution is 5.86. The third-order valence-corrected chi connectivity index (χ3v) is 3.76. The van der Waals surface area contributed by atoms with Crippen LogP contribution in [-0.4, -0.2) is 41.1 Å². The molecule has 0 saturated carbocycles. The molecular weight excluding hydrogens is 282 g/mol. The normalized spacial score (nSPS) is 11.1. The zero-order valence-corrected chi connectivity index (χ0v) is 13.8. The van der Waals surface area contributed by atoms with Crippen LogP contribution in [0.25, 0.3) is 0 Å². The number of carbonyl (C=O) groups excluding carboxylic acids is 1. The topological polar surface area (TPSA) is 66.8 Å². The minimum Gasteiger partial charge on any atom is -0.494 e. The summed E-state index contributed by atoms with van der Waals surface area (Å²) in [4.78, 5) is 24.6. The maximum absolute atomic E-state index is 12.1. The Morgan fingerprint density at radius 2 is 1.82 bits per heavy atom. The number of hydrogen-bond acceptors (Lipinski definition) is 3. The maximum Gasteiger partial charge on any atom is 0.329 e. The van der Waals surface area contributed by atoms with E-state index in [1.165, 1.54) is 25.8 Å². The zero-order valence-electron chi connectivity index (χ0n) is 13.8. The number of aryl methyl sites for hydroxylation is 1. The third kappa shape index (κ3) is 4.76. The summed E-state index contributed by atoms with van der Waals surface area (Å²) in [7, 11) is 1.53. The van der Waals surface area contributed by atoms with E-state index in [9.17, 15) is 9.59 Å². The van der Waals surface area contributed by atoms with Gasteiger partial charge in [0.25, 0.3) is 0 Å². The lowest BCUT2D eigenvalue weighted by Crippen LogP contribution is -2.50. The van der Waals surface area contributed by atoms with Crippen LogP contribution >= 0.6 is 0 Å². The van der Waals surface area contributed by atoms with Gasteiger partial charge in [0.05, 0.1) is 6.61 Å². The largest absolute Gasteiger partial charge is 0.494 e. The zero-order chi connectivity index (χ0) is 16.8. The van der Waals surface area contributed by atoms with Crippen molar-refractivity contribution in [2.24, 2.45) is 0 Å². The van der Waals surface area contributed by atoms with Crippen LogP contribution in [0.3, 0.4) is 0 Å². The average molecular weight is 307 g/mol. The number of aliphatic carboxylic acids is 1. The molecule has 0 radical (unpaired) electrons. The molecule has 122 valence electrons. The fourth-order valence-electron chi connectivity index (χ4n) is 1.85. The number of ether oxygens (including phenoxy) is 1. The second kappa shape index (κ2) is 7.82. The van der Waals surface area contributed by atoms with Gasteiger partial charge in [-0.05, 0) is 44.4 Å². The smallest absolute Gasteiger partial charge is 0.329 e. The number of rotatable bonds is 8. The highest BCUT2D eigenvalue weighted by Crippen LogP contribution is 2.17. The molecule has 5 nitrogen and oxygen atoms in total. The van der Waals surface area contributed by atoms with E-state index in [0.29, 0.717) is 13.0 Å². The number of amides is 1. The molecule has 1 amide bonds. The van der Waals surface area contributed by atoms with Crippen LogP contribution in [0.4, 0.5) is 0 Å². The summed E-state index contributed by atoms with van der Waals surface area (Å²) in [6, 6.07) is 7.64. The lowest BCUT2D eigenvalue weighted by atomic mass is 10.0. The van der Waals surface area contributed by atoms with Crippen LogP contribution in [0, 0.1) is 0 Å². The monoisotopic (exact) mass is 307 g/mol. The first-order valence-corrected chi connectivity index (χ1v) is 7.50. The van der Waals surface area contributed by atoms with E-state index in [0.717, 1.165) is 17.7 Å². The number of likely N-dealkylation sites (N-methyl/N-ethyl adjacent to an activating group) is 1. The van der Waals surface area contributed by atoms with E-state index in [-0.39, 0.29) is 12.3 Å². The van der Waals surface area contributed by atoms with Crippen molar-refractivity contribution in [3.8, 4) is 5.75 Å². The standard InChI is InChI=1S/C17H25NO4/c1-5-12-22-14-9-6-13(7-10-14)8-11-15(19)18(4)17(2,3)16(20)21/h6-7,9-10H,5,8,11-12H2,1-4H3,(H,20,21). The Morgan fingerprint density at radius 1 is 1.23 bits per heavy atom. The van der Waals surface area contributed by atoms with Crippen LogP contribution in [0.1, 0.15) is 39.2 Å². The van der Waals surface area contributed by atoms with Gasteiger partial charge in [-0.3, -0.25) is 4.79 Å². The van der Waals surface area contributed by atoms with Gasteiger partial charge in [-0.25, -0.2) is 4.79 Å². The molecule has 5 heteroatoms. The van der Waals surface area contributed by atoms with Crippen molar-refractivity contribution in [3.05, 3.63) is 29.8 Å². The summed E-state index contributed by atoms with van der Waals surface area (Å²) in [5.74, 6) is -0.374. The Morgan fingerprint density at radius 3 is 2.32 bits per heavy atom. The Hall–Kier alpha value is -2.04. The summed E-state index contributed by atoms with van der Waals surface area (Å²) in [5.41, 5.74) is -0.173. The second-order valence-corrected chi connectivity index (χ2v) is 5.81. The molecule has 0 bridgehead atoms. The van der Waals surface area contributed by atoms with Gasteiger partial charge in [0.15, 0.2) is 0 Å². The third-order valence-electron chi connectivity index (χ3n) is 3.76. The molecule has 1 aromatic carbocycles. The fourth-order valence-corrected chi connectivity index (χ4v) is 1.85. The fraction of sp³-hybridized carbons (Fsp3) is 0.529. The first-order chi connectivity index (χ1) is 10.3. The Balaban J connectivity index is 2.55. The number of carboxylic acids is 1. The Labute approximate surface area is 131 Å². The predicted octanol–water partition coefficient (Wildman–Crippen LogP) is 2.73. The summed E-state index contributed by atoms with van der Waals surface area (Å²) in [6.07, 6.45) is 1.82. The first-order valence-electron chi connectivity index (χ1n) is 7.50. The molecule has 0 saturated heterocycles. The summed E-state index contributed by atoms with van der Waals surface area (Å²) < 4.78 is 5.50. The van der Waals surface area contributed by atoms with Crippen LogP contribution in [-0.2, 0) is 16.0 Å². The van der Waals surface area contributed by atoms with Crippen LogP contribution in [0.15, 0.2) is 24.3 Å². The second-order valence-electron chi connectivity index (χ2n) is 5.81. The van der Waals surface area contributed by atoms with Gasteiger partial charge < -0.3 is 14.7 Å². The van der Waals surface area contributed by atoms with Crippen molar-refractivity contribution in [2.75, 3.05) is 13.7 Å². The van der Waals surface area contributed by atoms with Gasteiger partial charge in [0.1, 0.15) is 11.3 Å². The summed E-state index contributed by atoms with van der Waals surface area (Å²) >= 11 is 0. The van der Waals surface area contributed by atoms with Crippen molar-refractivity contribution in [1.29, 1.82) is 0 Å². The highest BCUT2D eigenvalue weighted by Gasteiger charge is 2.34. The SMILES string of the molecule is CCCOc1ccc(CCC(=O)N(C)C(C)(C)C(=O)O)cc1. The lowest BCUT2D eigenvalue weighted by Gasteiger charge is -2.31. The summed E-state index contributed by atoms with van der Waals surface area (Å²) in [6.45, 7) is 5.78. The van der Waals surface area contributed by atoms with Crippen molar-refractivity contribution >= 4 is 11.9 Å². The van der Waals surface area contributed by atoms with Crippen molar-refractivity contribution < 1.29 is 19.4 Å². The van der Waals surface area contributed by atoms with E-state index in [2.05, 4.69) is 6.92 Å². The van der Waals surface area contributed by atoms with Gasteiger partial charge in [-0.15, -0.1) is 0 Å². The van der Waals surface area contributed by atoms with Crippen molar-refractivity contribution in [1.82, 2.24) is 4.90 Å². The summed E-state index contributed by atoms with van der Waals surface area (Å²) in [5, 5.41) is 9.14. The van der Waals surface area contributed by atoms with E-state index in [4.69, 9.17) is 9.84 Å². The molecule has 1 aromatic rings. The Bertz CT molecular complexity index is 508. The molecule has 0 aliphatic heterocycles. The molecule has 0 unspecified atom stereocenters. The predicted molar refractivity (Wildman–Crippen MR) is 85.0 cm³/mol. The number of benzene rings is 1. The number of nitrogens with zero attached hydrogens (tertiary/aromatic N) is 1. The van der Waals surface area contributed by atoms with Crippen LogP contribution < -0.4 is 4.74 Å². The average Bonchev–Trinajstić information content (AvgIpc) is 2.50. The minimum absolute atomic E-state index is 0.182. The number of hydrogen-bond donors (Lipinski definition) is 1. The highest BCUT2D eigenvalue weighted by atomic mass is 16.5. The molecule has 22 heavy (non-hydrogen) atoms. The molecule has 0 aromatic heterocycles. The van der Waals surface area contributed by atoms with Gasteiger partial charge in [0.2, 0.25) is 5.91 Å². The molecule has 0 aliphatic rings. The molecular formula is C17H25NO4. The van der Waals surface area contributed by atoms with Gasteiger partial charge in [0, 0.05) is 13.5 Å². The van der Waals surface area contributed by atoms with Crippen LogP contribution in [0.5, 0.6) is 5.75 Å². The van der Waals surface area contributed by atoms with Crippen molar-refractivity contribution in [3.63, 3.8) is 0 Å². The quantitative estimate of drug-likeness (QED) is 0.802. The van der Waals surface area contributed by atoms with E-state index in [1.807, 2.05) is 24.3 Å². The van der Waals surface area contributed by atoms with Crippen molar-refractivity contribution in [2.45, 2.75) is 45.6 Å². The molecule has 1 rings (SSSR count). The van der Waals surface area contributed by atoms with Gasteiger partial charge in [-0.2, -0.15) is 0 Å². The van der Waals surface area contributed by atoms with E-state index < -0.39 is 11.5 Å². The molecule has 1 N–H and O–H groups in total. The van der Waals surface area contributed by atoms with Gasteiger partial charge >= 0.3 is 5.97 Å². The lowest BCUT2D eigenvalue weighted by molar-refractivity contribution is -0.155. The molecule has 0 atom stereocenters. The number of carboxylic acid groups (broad SMARTS) is 1. The maximum atomic E-state index is 12.1. The molecule has 0 heterocycles. The number of carbonyl (C=O) groups is 2.